The number of amides is 4. The number of urea groups is 1. The molecule has 4 amide bonds. The maximum Gasteiger partial charge on any atom is 0.407 e. The van der Waals surface area contributed by atoms with Gasteiger partial charge in [-0.25, -0.2) is 14.4 Å². The molecule has 1 aromatic carbocycles. The van der Waals surface area contributed by atoms with Crippen molar-refractivity contribution in [2.24, 2.45) is 11.8 Å². The van der Waals surface area contributed by atoms with Crippen molar-refractivity contribution >= 4 is 18.2 Å². The summed E-state index contributed by atoms with van der Waals surface area (Å²) in [6.45, 7) is 4.53. The van der Waals surface area contributed by atoms with Crippen molar-refractivity contribution in [1.29, 1.82) is 0 Å². The number of carbonyl (C=O) groups excluding carboxylic acids is 3. The van der Waals surface area contributed by atoms with Crippen LogP contribution in [-0.4, -0.2) is 63.0 Å². The van der Waals surface area contributed by atoms with Gasteiger partial charge in [-0.1, -0.05) is 36.8 Å². The van der Waals surface area contributed by atoms with E-state index in [0.717, 1.165) is 31.2 Å². The minimum Gasteiger partial charge on any atom is -0.450 e. The van der Waals surface area contributed by atoms with E-state index in [1.54, 1.807) is 18.9 Å². The molecule has 0 radical (unpaired) electrons. The number of nitrogens with zero attached hydrogens (tertiary/aromatic N) is 1. The fraction of sp³-hybridized carbons (Fsp3) is 0.625. The average Bonchev–Trinajstić information content (AvgIpc) is 2.83. The highest BCUT2D eigenvalue weighted by Gasteiger charge is 2.23. The first-order valence-corrected chi connectivity index (χ1v) is 11.8. The number of hydrogen-bond donors (Lipinski definition) is 3. The van der Waals surface area contributed by atoms with E-state index in [1.807, 2.05) is 30.3 Å². The lowest BCUT2D eigenvalue weighted by atomic mass is 9.81. The van der Waals surface area contributed by atoms with E-state index in [1.165, 1.54) is 0 Å². The van der Waals surface area contributed by atoms with Crippen molar-refractivity contribution in [3.8, 4) is 0 Å². The van der Waals surface area contributed by atoms with Crippen molar-refractivity contribution in [2.45, 2.75) is 45.6 Å². The molecule has 0 aromatic heterocycles. The molecule has 1 fully saturated rings. The summed E-state index contributed by atoms with van der Waals surface area (Å²) in [6, 6.07) is 9.56. The third-order valence-electron chi connectivity index (χ3n) is 5.74. The van der Waals surface area contributed by atoms with Crippen LogP contribution in [0.2, 0.25) is 0 Å². The Morgan fingerprint density at radius 3 is 2.24 bits per heavy atom. The molecular formula is C24H38N4O5. The number of alkyl carbamates (subject to hydrolysis) is 2. The lowest BCUT2D eigenvalue weighted by molar-refractivity contribution is 0.136. The van der Waals surface area contributed by atoms with E-state index >= 15 is 0 Å². The molecule has 0 bridgehead atoms. The molecule has 1 aromatic rings. The zero-order chi connectivity index (χ0) is 23.9. The number of rotatable bonds is 11. The lowest BCUT2D eigenvalue weighted by Crippen LogP contribution is -2.38. The summed E-state index contributed by atoms with van der Waals surface area (Å²) < 4.78 is 10.1. The largest absolute Gasteiger partial charge is 0.450 e. The van der Waals surface area contributed by atoms with Gasteiger partial charge in [-0.2, -0.15) is 0 Å². The molecule has 1 aliphatic carbocycles. The molecular weight excluding hydrogens is 424 g/mol. The molecule has 184 valence electrons. The first-order chi connectivity index (χ1) is 16.0. The van der Waals surface area contributed by atoms with Crippen molar-refractivity contribution in [2.75, 3.05) is 39.9 Å². The minimum atomic E-state index is -0.432. The molecule has 0 saturated heterocycles. The molecule has 3 N–H and O–H groups in total. The maximum absolute atomic E-state index is 12.1. The van der Waals surface area contributed by atoms with Gasteiger partial charge in [0.15, 0.2) is 0 Å². The van der Waals surface area contributed by atoms with Crippen LogP contribution in [-0.2, 0) is 16.0 Å². The van der Waals surface area contributed by atoms with Crippen molar-refractivity contribution in [3.05, 3.63) is 35.9 Å². The van der Waals surface area contributed by atoms with Gasteiger partial charge in [0, 0.05) is 33.2 Å². The van der Waals surface area contributed by atoms with Gasteiger partial charge < -0.3 is 30.3 Å². The zero-order valence-corrected chi connectivity index (χ0v) is 19.8. The second kappa shape index (κ2) is 15.0. The van der Waals surface area contributed by atoms with Crippen LogP contribution in [0.4, 0.5) is 14.4 Å². The minimum absolute atomic E-state index is 0.160. The van der Waals surface area contributed by atoms with Gasteiger partial charge in [-0.3, -0.25) is 0 Å². The van der Waals surface area contributed by atoms with Crippen LogP contribution in [0.25, 0.3) is 0 Å². The fourth-order valence-corrected chi connectivity index (χ4v) is 3.94. The number of hydrogen-bond acceptors (Lipinski definition) is 5. The predicted molar refractivity (Wildman–Crippen MR) is 126 cm³/mol. The van der Waals surface area contributed by atoms with Gasteiger partial charge in [0.25, 0.3) is 0 Å². The summed E-state index contributed by atoms with van der Waals surface area (Å²) >= 11 is 0. The highest BCUT2D eigenvalue weighted by atomic mass is 16.6. The number of ether oxygens (including phenoxy) is 2. The molecule has 0 spiro atoms. The van der Waals surface area contributed by atoms with Crippen molar-refractivity contribution in [1.82, 2.24) is 20.9 Å². The first-order valence-electron chi connectivity index (χ1n) is 11.8. The Kier molecular flexibility index (Phi) is 11.9. The number of carbonyl (C=O) groups is 3. The SMILES string of the molecule is CCOC(=O)NCC1CCCC(CNC(=O)OCCCN(C)C(=O)NCc2ccccc2)C1. The van der Waals surface area contributed by atoms with Crippen LogP contribution in [0, 0.1) is 11.8 Å². The summed E-state index contributed by atoms with van der Waals surface area (Å²) in [5, 5.41) is 8.51. The van der Waals surface area contributed by atoms with E-state index in [2.05, 4.69) is 16.0 Å². The summed E-state index contributed by atoms with van der Waals surface area (Å²) in [5.74, 6) is 0.772. The Morgan fingerprint density at radius 2 is 1.61 bits per heavy atom. The van der Waals surface area contributed by atoms with E-state index in [-0.39, 0.29) is 18.7 Å². The monoisotopic (exact) mass is 462 g/mol. The van der Waals surface area contributed by atoms with Crippen LogP contribution < -0.4 is 16.0 Å². The topological polar surface area (TPSA) is 109 Å². The van der Waals surface area contributed by atoms with E-state index in [9.17, 15) is 14.4 Å². The molecule has 0 heterocycles. The second-order valence-electron chi connectivity index (χ2n) is 8.44. The third-order valence-corrected chi connectivity index (χ3v) is 5.74. The highest BCUT2D eigenvalue weighted by Crippen LogP contribution is 2.28. The van der Waals surface area contributed by atoms with E-state index < -0.39 is 6.09 Å². The van der Waals surface area contributed by atoms with Crippen molar-refractivity contribution in [3.63, 3.8) is 0 Å². The summed E-state index contributed by atoms with van der Waals surface area (Å²) in [7, 11) is 1.72. The Hall–Kier alpha value is -2.97. The molecule has 9 nitrogen and oxygen atoms in total. The van der Waals surface area contributed by atoms with Gasteiger partial charge in [-0.15, -0.1) is 0 Å². The van der Waals surface area contributed by atoms with Crippen LogP contribution in [0.15, 0.2) is 30.3 Å². The fourth-order valence-electron chi connectivity index (χ4n) is 3.94. The molecule has 33 heavy (non-hydrogen) atoms. The standard InChI is InChI=1S/C24H38N4O5/c1-3-32-23(30)26-17-20-11-7-12-21(15-20)18-27-24(31)33-14-8-13-28(2)22(29)25-16-19-9-5-4-6-10-19/h4-6,9-10,20-21H,3,7-8,11-18H2,1-2H3,(H,25,29)(H,26,30)(H,27,31). The van der Waals surface area contributed by atoms with Crippen LogP contribution in [0.3, 0.4) is 0 Å². The van der Waals surface area contributed by atoms with Crippen LogP contribution >= 0.6 is 0 Å². The maximum atomic E-state index is 12.1. The Balaban J connectivity index is 1.53. The molecule has 2 rings (SSSR count). The average molecular weight is 463 g/mol. The van der Waals surface area contributed by atoms with Gasteiger partial charge >= 0.3 is 18.2 Å². The molecule has 0 aliphatic heterocycles. The van der Waals surface area contributed by atoms with E-state index in [4.69, 9.17) is 9.47 Å². The van der Waals surface area contributed by atoms with Crippen LogP contribution in [0.1, 0.15) is 44.6 Å². The summed E-state index contributed by atoms with van der Waals surface area (Å²) in [5.41, 5.74) is 1.04. The first kappa shape index (κ1) is 26.3. The number of benzene rings is 1. The molecule has 2 unspecified atom stereocenters. The molecule has 1 aliphatic rings. The van der Waals surface area contributed by atoms with Crippen LogP contribution in [0.5, 0.6) is 0 Å². The smallest absolute Gasteiger partial charge is 0.407 e. The molecule has 1 saturated carbocycles. The Bertz CT molecular complexity index is 731. The normalized spacial score (nSPS) is 17.5. The molecule has 2 atom stereocenters. The van der Waals surface area contributed by atoms with E-state index in [0.29, 0.717) is 51.0 Å². The second-order valence-corrected chi connectivity index (χ2v) is 8.44. The summed E-state index contributed by atoms with van der Waals surface area (Å²) in [4.78, 5) is 37.1. The number of nitrogens with one attached hydrogen (secondary N) is 3. The molecule has 9 heteroatoms. The summed E-state index contributed by atoms with van der Waals surface area (Å²) in [6.07, 6.45) is 3.91. The lowest BCUT2D eigenvalue weighted by Gasteiger charge is -2.29. The van der Waals surface area contributed by atoms with Gasteiger partial charge in [-0.05, 0) is 50.0 Å². The quantitative estimate of drug-likeness (QED) is 0.436. The van der Waals surface area contributed by atoms with Gasteiger partial charge in [0.05, 0.1) is 13.2 Å². The highest BCUT2D eigenvalue weighted by molar-refractivity contribution is 5.73. The Labute approximate surface area is 196 Å². The zero-order valence-electron chi connectivity index (χ0n) is 19.8. The third kappa shape index (κ3) is 10.9. The predicted octanol–water partition coefficient (Wildman–Crippen LogP) is 3.50. The Morgan fingerprint density at radius 1 is 0.970 bits per heavy atom. The van der Waals surface area contributed by atoms with Crippen molar-refractivity contribution < 1.29 is 23.9 Å². The van der Waals surface area contributed by atoms with Gasteiger partial charge in [0.1, 0.15) is 0 Å². The van der Waals surface area contributed by atoms with Gasteiger partial charge in [0.2, 0.25) is 0 Å².